The highest BCUT2D eigenvalue weighted by molar-refractivity contribution is 5.90. The Labute approximate surface area is 183 Å². The summed E-state index contributed by atoms with van der Waals surface area (Å²) in [7, 11) is 0. The number of hydrogen-bond donors (Lipinski definition) is 1. The van der Waals surface area contributed by atoms with Crippen molar-refractivity contribution < 1.29 is 9.50 Å². The van der Waals surface area contributed by atoms with Crippen molar-refractivity contribution >= 4 is 16.8 Å². The normalized spacial score (nSPS) is 24.1. The van der Waals surface area contributed by atoms with Crippen LogP contribution < -0.4 is 0 Å². The van der Waals surface area contributed by atoms with E-state index in [4.69, 9.17) is 0 Å². The van der Waals surface area contributed by atoms with Crippen LogP contribution in [0.2, 0.25) is 0 Å². The summed E-state index contributed by atoms with van der Waals surface area (Å²) in [4.78, 5) is 2.56. The predicted molar refractivity (Wildman–Crippen MR) is 123 cm³/mol. The first kappa shape index (κ1) is 19.2. The summed E-state index contributed by atoms with van der Waals surface area (Å²) >= 11 is 0. The number of piperidine rings is 1. The van der Waals surface area contributed by atoms with Crippen LogP contribution in [-0.4, -0.2) is 23.1 Å². The van der Waals surface area contributed by atoms with Crippen LogP contribution in [0.1, 0.15) is 53.5 Å². The maximum atomic E-state index is 13.2. The molecule has 31 heavy (non-hydrogen) atoms. The zero-order valence-electron chi connectivity index (χ0n) is 17.7. The van der Waals surface area contributed by atoms with E-state index >= 15 is 0 Å². The van der Waals surface area contributed by atoms with E-state index < -0.39 is 6.10 Å². The molecule has 3 atom stereocenters. The van der Waals surface area contributed by atoms with Gasteiger partial charge in [-0.15, -0.1) is 0 Å². The summed E-state index contributed by atoms with van der Waals surface area (Å²) in [5, 5.41) is 13.5. The number of hydrogen-bond acceptors (Lipinski definition) is 2. The lowest BCUT2D eigenvalue weighted by atomic mass is 9.85. The van der Waals surface area contributed by atoms with E-state index in [2.05, 4.69) is 47.4 Å². The van der Waals surface area contributed by atoms with Crippen LogP contribution in [0.3, 0.4) is 0 Å². The molecule has 3 aromatic carbocycles. The van der Waals surface area contributed by atoms with Crippen LogP contribution in [0.15, 0.2) is 60.7 Å². The van der Waals surface area contributed by atoms with Crippen LogP contribution >= 0.6 is 0 Å². The van der Waals surface area contributed by atoms with Gasteiger partial charge in [-0.1, -0.05) is 48.6 Å². The first-order chi connectivity index (χ1) is 15.2. The number of halogens is 1. The monoisotopic (exact) mass is 413 g/mol. The van der Waals surface area contributed by atoms with Gasteiger partial charge in [-0.05, 0) is 101 Å². The van der Waals surface area contributed by atoms with Gasteiger partial charge in [-0.2, -0.15) is 0 Å². The Bertz CT molecular complexity index is 1140. The Hall–Kier alpha value is -2.49. The minimum absolute atomic E-state index is 0.235. The molecule has 1 saturated carbocycles. The predicted octanol–water partition coefficient (Wildman–Crippen LogP) is 6.05. The first-order valence-electron chi connectivity index (χ1n) is 11.6. The molecule has 3 heteroatoms. The van der Waals surface area contributed by atoms with Crippen molar-refractivity contribution in [2.75, 3.05) is 13.1 Å². The van der Waals surface area contributed by atoms with E-state index in [1.807, 2.05) is 0 Å². The molecule has 1 saturated heterocycles. The third kappa shape index (κ3) is 3.50. The maximum absolute atomic E-state index is 13.2. The number of benzene rings is 3. The van der Waals surface area contributed by atoms with Gasteiger partial charge in [0.25, 0.3) is 0 Å². The number of aliphatic hydroxyl groups is 1. The van der Waals surface area contributed by atoms with E-state index in [1.165, 1.54) is 40.5 Å². The fraction of sp³-hybridized carbons (Fsp3) is 0.357. The molecular formula is C28H28FNO. The number of allylic oxidation sites excluding steroid dienone is 1. The summed E-state index contributed by atoms with van der Waals surface area (Å²) in [6.07, 6.45) is 7.46. The fourth-order valence-corrected chi connectivity index (χ4v) is 5.78. The van der Waals surface area contributed by atoms with Crippen LogP contribution in [0.4, 0.5) is 4.39 Å². The van der Waals surface area contributed by atoms with Gasteiger partial charge >= 0.3 is 0 Å². The Balaban J connectivity index is 1.22. The van der Waals surface area contributed by atoms with Crippen LogP contribution in [0.5, 0.6) is 0 Å². The summed E-state index contributed by atoms with van der Waals surface area (Å²) in [6, 6.07) is 17.5. The van der Waals surface area contributed by atoms with Gasteiger partial charge in [0.15, 0.2) is 0 Å². The Morgan fingerprint density at radius 1 is 1.03 bits per heavy atom. The molecule has 3 aliphatic rings. The average Bonchev–Trinajstić information content (AvgIpc) is 3.59. The molecule has 0 aromatic heterocycles. The zero-order chi connectivity index (χ0) is 20.9. The van der Waals surface area contributed by atoms with Crippen molar-refractivity contribution in [1.82, 2.24) is 4.90 Å². The molecule has 1 N–H and O–H groups in total. The van der Waals surface area contributed by atoms with Gasteiger partial charge < -0.3 is 5.11 Å². The summed E-state index contributed by atoms with van der Waals surface area (Å²) in [5.41, 5.74) is 5.34. The largest absolute Gasteiger partial charge is 0.388 e. The third-order valence-corrected chi connectivity index (χ3v) is 7.64. The zero-order valence-corrected chi connectivity index (χ0v) is 17.7. The van der Waals surface area contributed by atoms with Gasteiger partial charge in [0.05, 0.1) is 6.10 Å². The molecule has 0 amide bonds. The second-order valence-electron chi connectivity index (χ2n) is 9.55. The summed E-state index contributed by atoms with van der Waals surface area (Å²) < 4.78 is 13.2. The molecule has 3 unspecified atom stereocenters. The fourth-order valence-electron chi connectivity index (χ4n) is 5.78. The molecule has 2 nitrogen and oxygen atoms in total. The standard InChI is InChI=1S/C28H28FNO/c29-23-9-7-18(8-10-23)28(31)19-11-13-30(14-12-19)17-26-24-4-2-1-3-20(24)15-22-6-5-21-16-25(21)27(22)26/h1-10,15,19,21,25,28,31H,11-14,16-17H2. The number of likely N-dealkylation sites (tertiary alicyclic amines) is 1. The van der Waals surface area contributed by atoms with Gasteiger partial charge in [0.2, 0.25) is 0 Å². The minimum Gasteiger partial charge on any atom is -0.388 e. The van der Waals surface area contributed by atoms with Gasteiger partial charge in [-0.3, -0.25) is 4.90 Å². The second-order valence-corrected chi connectivity index (χ2v) is 9.55. The topological polar surface area (TPSA) is 23.5 Å². The van der Waals surface area contributed by atoms with E-state index in [1.54, 1.807) is 17.7 Å². The summed E-state index contributed by atoms with van der Waals surface area (Å²) in [5.74, 6) is 1.43. The highest BCUT2D eigenvalue weighted by atomic mass is 19.1. The van der Waals surface area contributed by atoms with Gasteiger partial charge in [0, 0.05) is 6.54 Å². The minimum atomic E-state index is -0.509. The average molecular weight is 414 g/mol. The molecule has 3 aromatic rings. The lowest BCUT2D eigenvalue weighted by molar-refractivity contribution is 0.0568. The van der Waals surface area contributed by atoms with Gasteiger partial charge in [-0.25, -0.2) is 4.39 Å². The van der Waals surface area contributed by atoms with Crippen molar-refractivity contribution in [3.05, 3.63) is 88.7 Å². The van der Waals surface area contributed by atoms with Crippen LogP contribution in [0, 0.1) is 17.7 Å². The van der Waals surface area contributed by atoms with Crippen molar-refractivity contribution in [2.45, 2.75) is 37.8 Å². The Morgan fingerprint density at radius 3 is 2.61 bits per heavy atom. The summed E-state index contributed by atoms with van der Waals surface area (Å²) in [6.45, 7) is 2.97. The number of aliphatic hydroxyl groups excluding tert-OH is 1. The van der Waals surface area contributed by atoms with Crippen molar-refractivity contribution in [3.63, 3.8) is 0 Å². The quantitative estimate of drug-likeness (QED) is 0.562. The van der Waals surface area contributed by atoms with Gasteiger partial charge in [0.1, 0.15) is 5.82 Å². The van der Waals surface area contributed by atoms with E-state index in [-0.39, 0.29) is 11.7 Å². The molecule has 1 aliphatic heterocycles. The highest BCUT2D eigenvalue weighted by Crippen LogP contribution is 2.55. The van der Waals surface area contributed by atoms with Crippen LogP contribution in [0.25, 0.3) is 16.8 Å². The molecule has 0 radical (unpaired) electrons. The SMILES string of the molecule is OC(c1ccc(F)cc1)C1CCN(Cc2c3c(cc4ccccc24)C=CC2CC32)CC1. The van der Waals surface area contributed by atoms with Crippen molar-refractivity contribution in [3.8, 4) is 0 Å². The molecule has 0 bridgehead atoms. The molecule has 2 fully saturated rings. The number of rotatable bonds is 4. The maximum Gasteiger partial charge on any atom is 0.123 e. The lowest BCUT2D eigenvalue weighted by Crippen LogP contribution is -2.35. The van der Waals surface area contributed by atoms with E-state index in [9.17, 15) is 9.50 Å². The highest BCUT2D eigenvalue weighted by Gasteiger charge is 2.41. The van der Waals surface area contributed by atoms with Crippen molar-refractivity contribution in [2.24, 2.45) is 11.8 Å². The third-order valence-electron chi connectivity index (χ3n) is 7.64. The molecule has 0 spiro atoms. The molecule has 158 valence electrons. The number of nitrogens with zero attached hydrogens (tertiary/aromatic N) is 1. The molecule has 6 rings (SSSR count). The molecule has 2 aliphatic carbocycles. The molecule has 1 heterocycles. The van der Waals surface area contributed by atoms with Crippen molar-refractivity contribution in [1.29, 1.82) is 0 Å². The lowest BCUT2D eigenvalue weighted by Gasteiger charge is -2.35. The Kier molecular flexibility index (Phi) is 4.70. The van der Waals surface area contributed by atoms with E-state index in [0.29, 0.717) is 5.92 Å². The smallest absolute Gasteiger partial charge is 0.123 e. The first-order valence-corrected chi connectivity index (χ1v) is 11.6. The van der Waals surface area contributed by atoms with E-state index in [0.717, 1.165) is 44.0 Å². The molecular weight excluding hydrogens is 385 g/mol. The Morgan fingerprint density at radius 2 is 1.81 bits per heavy atom. The second kappa shape index (κ2) is 7.58. The van der Waals surface area contributed by atoms with Crippen LogP contribution in [-0.2, 0) is 6.54 Å². The number of fused-ring (bicyclic) bond motifs is 4.